The van der Waals surface area contributed by atoms with Crippen LogP contribution in [0.4, 0.5) is 0 Å². The van der Waals surface area contributed by atoms with Crippen LogP contribution in [0.2, 0.25) is 10.0 Å². The molecule has 0 saturated carbocycles. The second-order valence-corrected chi connectivity index (χ2v) is 7.37. The Hall–Kier alpha value is -1.01. The lowest BCUT2D eigenvalue weighted by Crippen LogP contribution is -2.44. The van der Waals surface area contributed by atoms with Crippen LogP contribution in [0.25, 0.3) is 0 Å². The van der Waals surface area contributed by atoms with E-state index < -0.39 is 0 Å². The average molecular weight is 387 g/mol. The van der Waals surface area contributed by atoms with Crippen LogP contribution < -0.4 is 5.32 Å². The van der Waals surface area contributed by atoms with Crippen LogP contribution in [0.5, 0.6) is 0 Å². The molecule has 0 bridgehead atoms. The predicted octanol–water partition coefficient (Wildman–Crippen LogP) is 2.97. The third kappa shape index (κ3) is 6.66. The van der Waals surface area contributed by atoms with Crippen molar-refractivity contribution >= 4 is 29.2 Å². The summed E-state index contributed by atoms with van der Waals surface area (Å²) >= 11 is 12.1. The maximum Gasteiger partial charge on any atom is 0.193 e. The highest BCUT2D eigenvalue weighted by atomic mass is 35.5. The second-order valence-electron chi connectivity index (χ2n) is 6.55. The first-order valence-electron chi connectivity index (χ1n) is 8.65. The van der Waals surface area contributed by atoms with Crippen LogP contribution in [0, 0.1) is 5.92 Å². The van der Waals surface area contributed by atoms with E-state index in [4.69, 9.17) is 27.9 Å². The molecule has 1 atom stereocenters. The molecule has 0 aliphatic carbocycles. The minimum atomic E-state index is 0.535. The van der Waals surface area contributed by atoms with Gasteiger partial charge in [0.15, 0.2) is 5.96 Å². The fraction of sp³-hybridized carbons (Fsp3) is 0.611. The summed E-state index contributed by atoms with van der Waals surface area (Å²) in [6.45, 7) is 8.66. The fourth-order valence-electron chi connectivity index (χ4n) is 2.93. The Morgan fingerprint density at radius 2 is 2.04 bits per heavy atom. The van der Waals surface area contributed by atoms with E-state index in [9.17, 15) is 0 Å². The first-order valence-corrected chi connectivity index (χ1v) is 9.41. The molecule has 1 saturated heterocycles. The maximum absolute atomic E-state index is 6.10. The largest absolute Gasteiger partial charge is 0.379 e. The second kappa shape index (κ2) is 10.2. The highest BCUT2D eigenvalue weighted by Gasteiger charge is 2.15. The van der Waals surface area contributed by atoms with Crippen molar-refractivity contribution in [3.63, 3.8) is 0 Å². The number of morpholine rings is 1. The van der Waals surface area contributed by atoms with Gasteiger partial charge in [-0.1, -0.05) is 36.2 Å². The predicted molar refractivity (Wildman–Crippen MR) is 106 cm³/mol. The molecular weight excluding hydrogens is 359 g/mol. The normalized spacial score (nSPS) is 17.4. The Kier molecular flexibility index (Phi) is 8.30. The van der Waals surface area contributed by atoms with Crippen molar-refractivity contribution in [3.05, 3.63) is 33.8 Å². The molecule has 1 aromatic carbocycles. The van der Waals surface area contributed by atoms with Gasteiger partial charge in [-0.15, -0.1) is 0 Å². The molecule has 1 fully saturated rings. The minimum Gasteiger partial charge on any atom is -0.379 e. The molecule has 1 heterocycles. The molecule has 2 rings (SSSR count). The highest BCUT2D eigenvalue weighted by Crippen LogP contribution is 2.23. The van der Waals surface area contributed by atoms with Gasteiger partial charge in [-0.05, 0) is 23.6 Å². The lowest BCUT2D eigenvalue weighted by Gasteiger charge is -2.30. The van der Waals surface area contributed by atoms with Crippen molar-refractivity contribution in [2.24, 2.45) is 10.9 Å². The van der Waals surface area contributed by atoms with Gasteiger partial charge in [0.1, 0.15) is 0 Å². The summed E-state index contributed by atoms with van der Waals surface area (Å²) in [5, 5.41) is 4.62. The van der Waals surface area contributed by atoms with Gasteiger partial charge in [0.2, 0.25) is 0 Å². The molecule has 7 heteroatoms. The van der Waals surface area contributed by atoms with Crippen LogP contribution in [-0.2, 0) is 11.3 Å². The number of guanidine groups is 1. The van der Waals surface area contributed by atoms with E-state index in [1.165, 1.54) is 0 Å². The van der Waals surface area contributed by atoms with Crippen LogP contribution in [0.3, 0.4) is 0 Å². The fourth-order valence-corrected chi connectivity index (χ4v) is 3.25. The molecule has 25 heavy (non-hydrogen) atoms. The van der Waals surface area contributed by atoms with Crippen LogP contribution in [0.15, 0.2) is 23.2 Å². The van der Waals surface area contributed by atoms with Crippen molar-refractivity contribution in [3.8, 4) is 0 Å². The number of hydrogen-bond donors (Lipinski definition) is 1. The number of halogens is 2. The van der Waals surface area contributed by atoms with Gasteiger partial charge < -0.3 is 15.0 Å². The van der Waals surface area contributed by atoms with Gasteiger partial charge in [0, 0.05) is 46.8 Å². The van der Waals surface area contributed by atoms with Gasteiger partial charge in [0.05, 0.1) is 23.3 Å². The Bertz CT molecular complexity index is 576. The standard InChI is InChI=1S/C18H28Cl2N4O/c1-14(12-24-6-8-25-9-7-24)11-22-18(21-2)23(3)13-15-4-5-16(19)17(20)10-15/h4-5,10,14H,6-9,11-13H2,1-3H3,(H,21,22). The number of nitrogens with one attached hydrogen (secondary N) is 1. The lowest BCUT2D eigenvalue weighted by atomic mass is 10.1. The molecule has 1 N–H and O–H groups in total. The van der Waals surface area contributed by atoms with Crippen molar-refractivity contribution in [1.82, 2.24) is 15.1 Å². The van der Waals surface area contributed by atoms with Crippen molar-refractivity contribution in [2.75, 3.05) is 53.5 Å². The van der Waals surface area contributed by atoms with E-state index in [-0.39, 0.29) is 0 Å². The van der Waals surface area contributed by atoms with Crippen LogP contribution in [0.1, 0.15) is 12.5 Å². The SMILES string of the molecule is CN=C(NCC(C)CN1CCOCC1)N(C)Cc1ccc(Cl)c(Cl)c1. The lowest BCUT2D eigenvalue weighted by molar-refractivity contribution is 0.0320. The van der Waals surface area contributed by atoms with Gasteiger partial charge in [-0.25, -0.2) is 0 Å². The number of hydrogen-bond acceptors (Lipinski definition) is 3. The van der Waals surface area contributed by atoms with E-state index in [1.54, 1.807) is 7.05 Å². The summed E-state index contributed by atoms with van der Waals surface area (Å²) < 4.78 is 5.40. The Balaban J connectivity index is 1.80. The molecule has 1 unspecified atom stereocenters. The molecule has 140 valence electrons. The number of nitrogens with zero attached hydrogens (tertiary/aromatic N) is 3. The number of benzene rings is 1. The molecule has 1 aromatic rings. The summed E-state index contributed by atoms with van der Waals surface area (Å²) in [4.78, 5) is 8.92. The Morgan fingerprint density at radius 1 is 1.32 bits per heavy atom. The van der Waals surface area contributed by atoms with Gasteiger partial charge >= 0.3 is 0 Å². The third-order valence-electron chi connectivity index (χ3n) is 4.26. The van der Waals surface area contributed by atoms with E-state index in [2.05, 4.69) is 27.0 Å². The summed E-state index contributed by atoms with van der Waals surface area (Å²) in [7, 11) is 3.82. The molecule has 1 aliphatic heterocycles. The van der Waals surface area contributed by atoms with E-state index >= 15 is 0 Å². The van der Waals surface area contributed by atoms with Gasteiger partial charge in [-0.3, -0.25) is 9.89 Å². The topological polar surface area (TPSA) is 40.1 Å². The summed E-state index contributed by atoms with van der Waals surface area (Å²) in [6.07, 6.45) is 0. The highest BCUT2D eigenvalue weighted by molar-refractivity contribution is 6.42. The average Bonchev–Trinajstić information content (AvgIpc) is 2.59. The van der Waals surface area contributed by atoms with E-state index in [0.717, 1.165) is 50.9 Å². The number of aliphatic imine (C=N–C) groups is 1. The zero-order valence-electron chi connectivity index (χ0n) is 15.3. The van der Waals surface area contributed by atoms with Gasteiger partial charge in [0.25, 0.3) is 0 Å². The summed E-state index contributed by atoms with van der Waals surface area (Å²) in [6, 6.07) is 5.71. The van der Waals surface area contributed by atoms with Crippen molar-refractivity contribution in [2.45, 2.75) is 13.5 Å². The summed E-state index contributed by atoms with van der Waals surface area (Å²) in [5.74, 6) is 1.41. The number of rotatable bonds is 6. The smallest absolute Gasteiger partial charge is 0.193 e. The molecule has 0 spiro atoms. The summed E-state index contributed by atoms with van der Waals surface area (Å²) in [5.41, 5.74) is 1.10. The van der Waals surface area contributed by atoms with E-state index in [1.807, 2.05) is 25.2 Å². The first-order chi connectivity index (χ1) is 12.0. The molecule has 1 aliphatic rings. The molecule has 0 radical (unpaired) electrons. The Morgan fingerprint density at radius 3 is 2.68 bits per heavy atom. The molecule has 0 amide bonds. The van der Waals surface area contributed by atoms with Crippen molar-refractivity contribution in [1.29, 1.82) is 0 Å². The number of ether oxygens (including phenoxy) is 1. The van der Waals surface area contributed by atoms with E-state index in [0.29, 0.717) is 22.5 Å². The first kappa shape index (κ1) is 20.3. The molecular formula is C18H28Cl2N4O. The zero-order chi connectivity index (χ0) is 18.2. The minimum absolute atomic E-state index is 0.535. The van der Waals surface area contributed by atoms with Crippen LogP contribution in [-0.4, -0.2) is 69.2 Å². The maximum atomic E-state index is 6.10. The molecule has 5 nitrogen and oxygen atoms in total. The van der Waals surface area contributed by atoms with Crippen molar-refractivity contribution < 1.29 is 4.74 Å². The third-order valence-corrected chi connectivity index (χ3v) is 5.00. The Labute approximate surface area is 160 Å². The monoisotopic (exact) mass is 386 g/mol. The molecule has 0 aromatic heterocycles. The quantitative estimate of drug-likeness (QED) is 0.602. The zero-order valence-corrected chi connectivity index (χ0v) is 16.8. The van der Waals surface area contributed by atoms with Gasteiger partial charge in [-0.2, -0.15) is 0 Å². The van der Waals surface area contributed by atoms with Crippen LogP contribution >= 0.6 is 23.2 Å².